The van der Waals surface area contributed by atoms with Crippen molar-refractivity contribution in [3.63, 3.8) is 0 Å². The normalized spacial score (nSPS) is 10.4. The van der Waals surface area contributed by atoms with Crippen LogP contribution >= 0.6 is 0 Å². The lowest BCUT2D eigenvalue weighted by Crippen LogP contribution is -2.31. The Bertz CT molecular complexity index is 863. The number of hydrogen-bond acceptors (Lipinski definition) is 4. The number of nitrogens with one attached hydrogen (secondary N) is 1. The molecule has 26 heavy (non-hydrogen) atoms. The summed E-state index contributed by atoms with van der Waals surface area (Å²) in [6.07, 6.45) is 3.12. The van der Waals surface area contributed by atoms with Crippen LogP contribution in [0.5, 0.6) is 0 Å². The first-order valence-electron chi connectivity index (χ1n) is 8.66. The molecule has 3 aromatic rings. The fraction of sp³-hybridized carbons (Fsp3) is 0.190. The highest BCUT2D eigenvalue weighted by Gasteiger charge is 2.17. The van der Waals surface area contributed by atoms with Gasteiger partial charge in [0.2, 0.25) is 0 Å². The number of benzene rings is 2. The molecule has 0 unspecified atom stereocenters. The smallest absolute Gasteiger partial charge is 0.278 e. The van der Waals surface area contributed by atoms with Crippen molar-refractivity contribution in [2.24, 2.45) is 0 Å². The lowest BCUT2D eigenvalue weighted by atomic mass is 10.1. The van der Waals surface area contributed by atoms with E-state index in [9.17, 15) is 4.79 Å². The van der Waals surface area contributed by atoms with Crippen molar-refractivity contribution >= 4 is 17.4 Å². The molecule has 1 aromatic heterocycles. The fourth-order valence-corrected chi connectivity index (χ4v) is 2.71. The van der Waals surface area contributed by atoms with E-state index in [-0.39, 0.29) is 5.91 Å². The van der Waals surface area contributed by atoms with Crippen molar-refractivity contribution in [1.29, 1.82) is 0 Å². The van der Waals surface area contributed by atoms with Gasteiger partial charge in [0.05, 0.1) is 12.4 Å². The Kier molecular flexibility index (Phi) is 5.59. The third-order valence-electron chi connectivity index (χ3n) is 4.22. The maximum atomic E-state index is 12.7. The van der Waals surface area contributed by atoms with Crippen molar-refractivity contribution < 1.29 is 4.79 Å². The number of carbonyl (C=O) groups is 1. The molecule has 0 spiro atoms. The van der Waals surface area contributed by atoms with E-state index in [1.54, 1.807) is 11.1 Å². The van der Waals surface area contributed by atoms with Crippen molar-refractivity contribution in [3.05, 3.63) is 83.8 Å². The number of carbonyl (C=O) groups excluding carboxylic acids is 1. The number of anilines is 2. The van der Waals surface area contributed by atoms with Gasteiger partial charge in [-0.3, -0.25) is 4.79 Å². The van der Waals surface area contributed by atoms with Crippen LogP contribution in [0.1, 0.15) is 28.5 Å². The van der Waals surface area contributed by atoms with E-state index in [0.717, 1.165) is 5.69 Å². The highest BCUT2D eigenvalue weighted by molar-refractivity contribution is 6.04. The first-order chi connectivity index (χ1) is 12.7. The van der Waals surface area contributed by atoms with E-state index >= 15 is 0 Å². The average Bonchev–Trinajstić information content (AvgIpc) is 2.69. The summed E-state index contributed by atoms with van der Waals surface area (Å²) in [6, 6.07) is 17.8. The molecule has 0 atom stereocenters. The van der Waals surface area contributed by atoms with Crippen LogP contribution in [-0.2, 0) is 6.54 Å². The maximum absolute atomic E-state index is 12.7. The number of amides is 1. The van der Waals surface area contributed by atoms with Gasteiger partial charge in [0.1, 0.15) is 11.5 Å². The lowest BCUT2D eigenvalue weighted by Gasteiger charge is -2.20. The molecule has 0 aliphatic rings. The van der Waals surface area contributed by atoms with E-state index in [4.69, 9.17) is 0 Å². The number of hydrogen-bond donors (Lipinski definition) is 1. The molecule has 0 radical (unpaired) electrons. The van der Waals surface area contributed by atoms with Gasteiger partial charge in [-0.2, -0.15) is 0 Å². The molecule has 1 N–H and O–H groups in total. The van der Waals surface area contributed by atoms with Crippen LogP contribution in [0, 0.1) is 6.92 Å². The predicted molar refractivity (Wildman–Crippen MR) is 104 cm³/mol. The average molecular weight is 346 g/mol. The van der Waals surface area contributed by atoms with E-state index in [1.165, 1.54) is 17.3 Å². The van der Waals surface area contributed by atoms with Crippen molar-refractivity contribution in [3.8, 4) is 0 Å². The van der Waals surface area contributed by atoms with Crippen molar-refractivity contribution in [1.82, 2.24) is 9.97 Å². The van der Waals surface area contributed by atoms with Gasteiger partial charge in [0.15, 0.2) is 0 Å². The topological polar surface area (TPSA) is 58.1 Å². The molecule has 1 heterocycles. The van der Waals surface area contributed by atoms with Gasteiger partial charge < -0.3 is 10.2 Å². The van der Waals surface area contributed by atoms with Crippen molar-refractivity contribution in [2.75, 3.05) is 16.8 Å². The second kappa shape index (κ2) is 8.25. The van der Waals surface area contributed by atoms with Gasteiger partial charge >= 0.3 is 0 Å². The zero-order valence-corrected chi connectivity index (χ0v) is 15.0. The van der Waals surface area contributed by atoms with Gasteiger partial charge in [-0.25, -0.2) is 9.97 Å². The van der Waals surface area contributed by atoms with E-state index in [0.29, 0.717) is 24.6 Å². The van der Waals surface area contributed by atoms with Crippen LogP contribution in [-0.4, -0.2) is 22.4 Å². The van der Waals surface area contributed by atoms with Gasteiger partial charge in [0, 0.05) is 18.8 Å². The first-order valence-corrected chi connectivity index (χ1v) is 8.66. The SMILES string of the molecule is CCN(C(=O)c1cnc(NCc2ccccc2C)cn1)c1ccccc1. The van der Waals surface area contributed by atoms with Crippen LogP contribution in [0.2, 0.25) is 0 Å². The minimum Gasteiger partial charge on any atom is -0.365 e. The van der Waals surface area contributed by atoms with E-state index < -0.39 is 0 Å². The zero-order chi connectivity index (χ0) is 18.4. The molecule has 0 saturated heterocycles. The summed E-state index contributed by atoms with van der Waals surface area (Å²) in [6.45, 7) is 5.25. The molecule has 0 saturated carbocycles. The minimum absolute atomic E-state index is 0.156. The summed E-state index contributed by atoms with van der Waals surface area (Å²) >= 11 is 0. The Hall–Kier alpha value is -3.21. The summed E-state index contributed by atoms with van der Waals surface area (Å²) in [5.74, 6) is 0.490. The summed E-state index contributed by atoms with van der Waals surface area (Å²) in [5, 5.41) is 3.24. The third-order valence-corrected chi connectivity index (χ3v) is 4.22. The predicted octanol–water partition coefficient (Wildman–Crippen LogP) is 4.06. The Morgan fingerprint density at radius 3 is 2.38 bits per heavy atom. The third kappa shape index (κ3) is 4.06. The Morgan fingerprint density at radius 1 is 1.00 bits per heavy atom. The molecule has 0 bridgehead atoms. The summed E-state index contributed by atoms with van der Waals surface area (Å²) in [4.78, 5) is 23.0. The number of para-hydroxylation sites is 1. The Balaban J connectivity index is 1.68. The monoisotopic (exact) mass is 346 g/mol. The molecule has 5 heteroatoms. The molecular formula is C21H22N4O. The van der Waals surface area contributed by atoms with Crippen LogP contribution in [0.4, 0.5) is 11.5 Å². The van der Waals surface area contributed by atoms with Crippen LogP contribution in [0.15, 0.2) is 67.0 Å². The summed E-state index contributed by atoms with van der Waals surface area (Å²) in [5.41, 5.74) is 3.61. The molecule has 1 amide bonds. The molecule has 0 aliphatic heterocycles. The maximum Gasteiger partial charge on any atom is 0.278 e. The molecule has 0 fully saturated rings. The van der Waals surface area contributed by atoms with Crippen LogP contribution in [0.25, 0.3) is 0 Å². The Labute approximate surface area is 153 Å². The zero-order valence-electron chi connectivity index (χ0n) is 15.0. The number of rotatable bonds is 6. The fourth-order valence-electron chi connectivity index (χ4n) is 2.71. The number of aromatic nitrogens is 2. The van der Waals surface area contributed by atoms with Crippen LogP contribution < -0.4 is 10.2 Å². The largest absolute Gasteiger partial charge is 0.365 e. The lowest BCUT2D eigenvalue weighted by molar-refractivity contribution is 0.0983. The Morgan fingerprint density at radius 2 is 1.73 bits per heavy atom. The highest BCUT2D eigenvalue weighted by atomic mass is 16.2. The van der Waals surface area contributed by atoms with Crippen molar-refractivity contribution in [2.45, 2.75) is 20.4 Å². The molecular weight excluding hydrogens is 324 g/mol. The second-order valence-corrected chi connectivity index (χ2v) is 5.95. The molecule has 5 nitrogen and oxygen atoms in total. The molecule has 3 rings (SSSR count). The van der Waals surface area contributed by atoms with Gasteiger partial charge in [-0.1, -0.05) is 42.5 Å². The van der Waals surface area contributed by atoms with Gasteiger partial charge in [0.25, 0.3) is 5.91 Å². The van der Waals surface area contributed by atoms with Crippen LogP contribution in [0.3, 0.4) is 0 Å². The standard InChI is InChI=1S/C21H22N4O/c1-3-25(18-11-5-4-6-12-18)21(26)19-14-24-20(15-22-19)23-13-17-10-8-7-9-16(17)2/h4-12,14-15H,3,13H2,1-2H3,(H,23,24). The number of aryl methyl sites for hydroxylation is 1. The molecule has 2 aromatic carbocycles. The first kappa shape index (κ1) is 17.6. The summed E-state index contributed by atoms with van der Waals surface area (Å²) < 4.78 is 0. The number of nitrogens with zero attached hydrogens (tertiary/aromatic N) is 3. The quantitative estimate of drug-likeness (QED) is 0.731. The summed E-state index contributed by atoms with van der Waals surface area (Å²) in [7, 11) is 0. The highest BCUT2D eigenvalue weighted by Crippen LogP contribution is 2.16. The molecule has 132 valence electrons. The van der Waals surface area contributed by atoms with E-state index in [2.05, 4.69) is 34.3 Å². The van der Waals surface area contributed by atoms with Gasteiger partial charge in [-0.05, 0) is 37.1 Å². The second-order valence-electron chi connectivity index (χ2n) is 5.95. The van der Waals surface area contributed by atoms with Gasteiger partial charge in [-0.15, -0.1) is 0 Å². The molecule has 0 aliphatic carbocycles. The minimum atomic E-state index is -0.156. The van der Waals surface area contributed by atoms with E-state index in [1.807, 2.05) is 49.4 Å².